The van der Waals surface area contributed by atoms with Gasteiger partial charge in [0.2, 0.25) is 15.9 Å². The fourth-order valence-corrected chi connectivity index (χ4v) is 4.61. The van der Waals surface area contributed by atoms with Gasteiger partial charge < -0.3 is 10.4 Å². The molecule has 1 atom stereocenters. The predicted octanol–water partition coefficient (Wildman–Crippen LogP) is 1.84. The Hall–Kier alpha value is -1.93. The zero-order chi connectivity index (χ0) is 17.9. The maximum absolute atomic E-state index is 12.5. The van der Waals surface area contributed by atoms with Crippen LogP contribution in [0.25, 0.3) is 0 Å². The van der Waals surface area contributed by atoms with Crippen molar-refractivity contribution in [2.45, 2.75) is 39.2 Å². The predicted molar refractivity (Wildman–Crippen MR) is 90.6 cm³/mol. The van der Waals surface area contributed by atoms with E-state index in [1.54, 1.807) is 26.0 Å². The van der Waals surface area contributed by atoms with Crippen molar-refractivity contribution in [2.24, 2.45) is 0 Å². The second-order valence-corrected chi connectivity index (χ2v) is 7.95. The number of hydrogen-bond donors (Lipinski definition) is 2. The molecule has 24 heavy (non-hydrogen) atoms. The van der Waals surface area contributed by atoms with Gasteiger partial charge in [-0.3, -0.25) is 4.79 Å². The zero-order valence-corrected chi connectivity index (χ0v) is 14.6. The Balaban J connectivity index is 2.17. The van der Waals surface area contributed by atoms with Crippen molar-refractivity contribution in [3.05, 3.63) is 29.3 Å². The first-order valence-electron chi connectivity index (χ1n) is 7.90. The van der Waals surface area contributed by atoms with Crippen molar-refractivity contribution >= 4 is 27.6 Å². The van der Waals surface area contributed by atoms with E-state index >= 15 is 0 Å². The maximum atomic E-state index is 12.5. The van der Waals surface area contributed by atoms with E-state index in [0.717, 1.165) is 0 Å². The number of amides is 1. The van der Waals surface area contributed by atoms with Crippen LogP contribution in [0.4, 0.5) is 5.69 Å². The maximum Gasteiger partial charge on any atom is 0.336 e. The molecule has 2 N–H and O–H groups in total. The number of aromatic carboxylic acids is 1. The molecule has 1 unspecified atom stereocenters. The SMILES string of the molecule is CCCS(=O)(=O)N1CCCC1C(=O)Nc1ccc(C)c(C(=O)O)c1. The molecular weight excluding hydrogens is 332 g/mol. The summed E-state index contributed by atoms with van der Waals surface area (Å²) in [6.07, 6.45) is 1.59. The molecule has 1 saturated heterocycles. The first-order valence-corrected chi connectivity index (χ1v) is 9.51. The number of nitrogens with zero attached hydrogens (tertiary/aromatic N) is 1. The molecule has 0 bridgehead atoms. The number of anilines is 1. The van der Waals surface area contributed by atoms with E-state index in [0.29, 0.717) is 37.1 Å². The van der Waals surface area contributed by atoms with E-state index in [1.165, 1.54) is 10.4 Å². The Morgan fingerprint density at radius 3 is 2.71 bits per heavy atom. The summed E-state index contributed by atoms with van der Waals surface area (Å²) >= 11 is 0. The summed E-state index contributed by atoms with van der Waals surface area (Å²) in [5, 5.41) is 11.8. The van der Waals surface area contributed by atoms with Gasteiger partial charge in [0, 0.05) is 12.2 Å². The average molecular weight is 354 g/mol. The summed E-state index contributed by atoms with van der Waals surface area (Å²) in [7, 11) is -3.45. The van der Waals surface area contributed by atoms with Gasteiger partial charge >= 0.3 is 5.97 Å². The molecule has 0 saturated carbocycles. The van der Waals surface area contributed by atoms with Crippen LogP contribution in [0, 0.1) is 6.92 Å². The number of hydrogen-bond acceptors (Lipinski definition) is 4. The number of carboxylic acids is 1. The van der Waals surface area contributed by atoms with Gasteiger partial charge in [-0.2, -0.15) is 4.31 Å². The number of sulfonamides is 1. The first kappa shape index (κ1) is 18.4. The summed E-state index contributed by atoms with van der Waals surface area (Å²) in [5.41, 5.74) is 1.05. The Labute approximate surface area is 141 Å². The topological polar surface area (TPSA) is 104 Å². The minimum atomic E-state index is -3.45. The number of carboxylic acid groups (broad SMARTS) is 1. The van der Waals surface area contributed by atoms with Crippen LogP contribution in [0.2, 0.25) is 0 Å². The molecule has 1 aromatic rings. The number of carbonyl (C=O) groups excluding carboxylic acids is 1. The lowest BCUT2D eigenvalue weighted by Crippen LogP contribution is -2.44. The quantitative estimate of drug-likeness (QED) is 0.811. The average Bonchev–Trinajstić information content (AvgIpc) is 2.99. The number of aryl methyl sites for hydroxylation is 1. The molecule has 1 aliphatic heterocycles. The van der Waals surface area contributed by atoms with Crippen molar-refractivity contribution < 1.29 is 23.1 Å². The van der Waals surface area contributed by atoms with Crippen LogP contribution in [0.15, 0.2) is 18.2 Å². The molecule has 1 heterocycles. The minimum absolute atomic E-state index is 0.0183. The van der Waals surface area contributed by atoms with Crippen LogP contribution in [0.1, 0.15) is 42.1 Å². The molecule has 0 aliphatic carbocycles. The number of nitrogens with one attached hydrogen (secondary N) is 1. The van der Waals surface area contributed by atoms with Crippen LogP contribution < -0.4 is 5.32 Å². The van der Waals surface area contributed by atoms with Crippen molar-refractivity contribution in [1.82, 2.24) is 4.31 Å². The van der Waals surface area contributed by atoms with Gasteiger partial charge in [0.15, 0.2) is 0 Å². The molecular formula is C16H22N2O5S. The van der Waals surface area contributed by atoms with Crippen LogP contribution in [-0.4, -0.2) is 48.0 Å². The lowest BCUT2D eigenvalue weighted by Gasteiger charge is -2.23. The normalized spacial score (nSPS) is 18.5. The molecule has 1 amide bonds. The standard InChI is InChI=1S/C16H22N2O5S/c1-3-9-24(22,23)18-8-4-5-14(18)15(19)17-12-7-6-11(2)13(10-12)16(20)21/h6-7,10,14H,3-5,8-9H2,1-2H3,(H,17,19)(H,20,21). The van der Waals surface area contributed by atoms with Gasteiger partial charge in [-0.25, -0.2) is 13.2 Å². The Morgan fingerprint density at radius 1 is 1.38 bits per heavy atom. The third-order valence-corrected chi connectivity index (χ3v) is 6.14. The van der Waals surface area contributed by atoms with Crippen LogP contribution in [0.5, 0.6) is 0 Å². The van der Waals surface area contributed by atoms with Gasteiger partial charge in [-0.05, 0) is 43.9 Å². The van der Waals surface area contributed by atoms with Gasteiger partial charge in [0.1, 0.15) is 6.04 Å². The lowest BCUT2D eigenvalue weighted by molar-refractivity contribution is -0.119. The minimum Gasteiger partial charge on any atom is -0.478 e. The van der Waals surface area contributed by atoms with E-state index < -0.39 is 27.9 Å². The zero-order valence-electron chi connectivity index (χ0n) is 13.8. The van der Waals surface area contributed by atoms with Gasteiger partial charge in [0.05, 0.1) is 11.3 Å². The molecule has 0 spiro atoms. The van der Waals surface area contributed by atoms with E-state index in [-0.39, 0.29) is 11.3 Å². The van der Waals surface area contributed by atoms with Crippen molar-refractivity contribution in [3.8, 4) is 0 Å². The summed E-state index contributed by atoms with van der Waals surface area (Å²) in [4.78, 5) is 23.6. The van der Waals surface area contributed by atoms with E-state index in [2.05, 4.69) is 5.32 Å². The first-order chi connectivity index (χ1) is 11.3. The van der Waals surface area contributed by atoms with Crippen LogP contribution >= 0.6 is 0 Å². The van der Waals surface area contributed by atoms with Crippen molar-refractivity contribution in [1.29, 1.82) is 0 Å². The molecule has 132 valence electrons. The molecule has 2 rings (SSSR count). The molecule has 1 aromatic carbocycles. The third-order valence-electron chi connectivity index (χ3n) is 4.06. The number of benzene rings is 1. The molecule has 0 aromatic heterocycles. The molecule has 0 radical (unpaired) electrons. The molecule has 1 fully saturated rings. The van der Waals surface area contributed by atoms with Gasteiger partial charge in [0.25, 0.3) is 0 Å². The fraction of sp³-hybridized carbons (Fsp3) is 0.500. The smallest absolute Gasteiger partial charge is 0.336 e. The van der Waals surface area contributed by atoms with Crippen molar-refractivity contribution in [3.63, 3.8) is 0 Å². The highest BCUT2D eigenvalue weighted by Crippen LogP contribution is 2.24. The largest absolute Gasteiger partial charge is 0.478 e. The highest BCUT2D eigenvalue weighted by Gasteiger charge is 2.38. The molecule has 7 nitrogen and oxygen atoms in total. The van der Waals surface area contributed by atoms with Gasteiger partial charge in [-0.15, -0.1) is 0 Å². The number of rotatable bonds is 6. The fourth-order valence-electron chi connectivity index (χ4n) is 2.87. The van der Waals surface area contributed by atoms with Crippen LogP contribution in [-0.2, 0) is 14.8 Å². The lowest BCUT2D eigenvalue weighted by atomic mass is 10.1. The monoisotopic (exact) mass is 354 g/mol. The Bertz CT molecular complexity index is 745. The van der Waals surface area contributed by atoms with Crippen molar-refractivity contribution in [2.75, 3.05) is 17.6 Å². The second-order valence-electron chi connectivity index (χ2n) is 5.91. The van der Waals surface area contributed by atoms with Crippen LogP contribution in [0.3, 0.4) is 0 Å². The van der Waals surface area contributed by atoms with E-state index in [1.807, 2.05) is 0 Å². The van der Waals surface area contributed by atoms with Gasteiger partial charge in [-0.1, -0.05) is 13.0 Å². The second kappa shape index (κ2) is 7.31. The number of carbonyl (C=O) groups is 2. The van der Waals surface area contributed by atoms with E-state index in [4.69, 9.17) is 5.11 Å². The summed E-state index contributed by atoms with van der Waals surface area (Å²) in [5.74, 6) is -1.48. The summed E-state index contributed by atoms with van der Waals surface area (Å²) in [6.45, 7) is 3.79. The highest BCUT2D eigenvalue weighted by atomic mass is 32.2. The third kappa shape index (κ3) is 3.93. The summed E-state index contributed by atoms with van der Waals surface area (Å²) < 4.78 is 25.8. The summed E-state index contributed by atoms with van der Waals surface area (Å²) in [6, 6.07) is 3.87. The molecule has 8 heteroatoms. The Morgan fingerprint density at radius 2 is 2.08 bits per heavy atom. The highest BCUT2D eigenvalue weighted by molar-refractivity contribution is 7.89. The Kier molecular flexibility index (Phi) is 5.61. The molecule has 1 aliphatic rings. The van der Waals surface area contributed by atoms with E-state index in [9.17, 15) is 18.0 Å².